The second-order valence-electron chi connectivity index (χ2n) is 5.87. The average Bonchev–Trinajstić information content (AvgIpc) is 2.33. The van der Waals surface area contributed by atoms with Gasteiger partial charge in [0.15, 0.2) is 5.78 Å². The highest BCUT2D eigenvalue weighted by molar-refractivity contribution is 5.97. The molecule has 0 spiro atoms. The van der Waals surface area contributed by atoms with Crippen LogP contribution in [0.1, 0.15) is 37.0 Å². The van der Waals surface area contributed by atoms with Crippen molar-refractivity contribution in [3.05, 3.63) is 35.6 Å². The molecule has 0 saturated carbocycles. The summed E-state index contributed by atoms with van der Waals surface area (Å²) in [5, 5.41) is 0. The van der Waals surface area contributed by atoms with Crippen LogP contribution in [-0.4, -0.2) is 30.3 Å². The molecule has 0 bridgehead atoms. The lowest BCUT2D eigenvalue weighted by Gasteiger charge is -2.36. The molecule has 98 valence electrons. The Morgan fingerprint density at radius 2 is 1.78 bits per heavy atom. The van der Waals surface area contributed by atoms with Crippen LogP contribution in [-0.2, 0) is 0 Å². The van der Waals surface area contributed by atoms with E-state index in [9.17, 15) is 9.18 Å². The Balaban J connectivity index is 1.90. The minimum atomic E-state index is -0.300. The highest BCUT2D eigenvalue weighted by Crippen LogP contribution is 2.29. The molecule has 1 fully saturated rings. The van der Waals surface area contributed by atoms with Gasteiger partial charge in [-0.1, -0.05) is 13.8 Å². The van der Waals surface area contributed by atoms with Gasteiger partial charge in [-0.05, 0) is 55.6 Å². The summed E-state index contributed by atoms with van der Waals surface area (Å²) in [7, 11) is 0. The minimum Gasteiger partial charge on any atom is -0.296 e. The van der Waals surface area contributed by atoms with E-state index in [4.69, 9.17) is 0 Å². The van der Waals surface area contributed by atoms with Crippen LogP contribution in [0.5, 0.6) is 0 Å². The number of piperidine rings is 1. The zero-order chi connectivity index (χ0) is 13.2. The van der Waals surface area contributed by atoms with Gasteiger partial charge in [0.1, 0.15) is 5.82 Å². The molecule has 1 aromatic rings. The van der Waals surface area contributed by atoms with Crippen LogP contribution in [0.4, 0.5) is 4.39 Å². The molecule has 0 atom stereocenters. The Morgan fingerprint density at radius 3 is 2.33 bits per heavy atom. The molecule has 0 N–H and O–H groups in total. The van der Waals surface area contributed by atoms with Crippen LogP contribution in [0.25, 0.3) is 0 Å². The quantitative estimate of drug-likeness (QED) is 0.767. The summed E-state index contributed by atoms with van der Waals surface area (Å²) >= 11 is 0. The predicted octanol–water partition coefficient (Wildman–Crippen LogP) is 3.13. The molecule has 1 saturated heterocycles. The number of rotatable bonds is 3. The maximum Gasteiger partial charge on any atom is 0.176 e. The van der Waals surface area contributed by atoms with Gasteiger partial charge >= 0.3 is 0 Å². The van der Waals surface area contributed by atoms with Gasteiger partial charge in [-0.3, -0.25) is 9.69 Å². The molecule has 0 radical (unpaired) electrons. The number of hydrogen-bond acceptors (Lipinski definition) is 2. The average molecular weight is 249 g/mol. The highest BCUT2D eigenvalue weighted by Gasteiger charge is 2.26. The standard InChI is InChI=1S/C15H20FNO/c1-15(2)7-9-17(10-8-15)11-14(18)12-3-5-13(16)6-4-12/h3-6H,7-11H2,1-2H3. The number of carbonyl (C=O) groups is 1. The molecule has 3 heteroatoms. The van der Waals surface area contributed by atoms with E-state index in [0.29, 0.717) is 17.5 Å². The van der Waals surface area contributed by atoms with Crippen LogP contribution < -0.4 is 0 Å². The first kappa shape index (κ1) is 13.2. The van der Waals surface area contributed by atoms with Crippen LogP contribution in [0.2, 0.25) is 0 Å². The summed E-state index contributed by atoms with van der Waals surface area (Å²) < 4.78 is 12.8. The molecule has 0 aliphatic carbocycles. The first-order chi connectivity index (χ1) is 8.46. The number of hydrogen-bond donors (Lipinski definition) is 0. The Morgan fingerprint density at radius 1 is 1.22 bits per heavy atom. The number of halogens is 1. The fraction of sp³-hybridized carbons (Fsp3) is 0.533. The number of nitrogens with zero attached hydrogens (tertiary/aromatic N) is 1. The second kappa shape index (κ2) is 5.19. The zero-order valence-electron chi connectivity index (χ0n) is 11.1. The summed E-state index contributed by atoms with van der Waals surface area (Å²) in [4.78, 5) is 14.2. The van der Waals surface area contributed by atoms with Gasteiger partial charge in [-0.25, -0.2) is 4.39 Å². The lowest BCUT2D eigenvalue weighted by Crippen LogP contribution is -2.40. The van der Waals surface area contributed by atoms with E-state index in [0.717, 1.165) is 25.9 Å². The van der Waals surface area contributed by atoms with Crippen molar-refractivity contribution in [3.8, 4) is 0 Å². The van der Waals surface area contributed by atoms with Crippen LogP contribution in [0.15, 0.2) is 24.3 Å². The van der Waals surface area contributed by atoms with Crippen molar-refractivity contribution < 1.29 is 9.18 Å². The van der Waals surface area contributed by atoms with E-state index in [2.05, 4.69) is 18.7 Å². The molecule has 2 nitrogen and oxygen atoms in total. The summed E-state index contributed by atoms with van der Waals surface area (Å²) in [6, 6.07) is 5.80. The van der Waals surface area contributed by atoms with E-state index < -0.39 is 0 Å². The van der Waals surface area contributed by atoms with E-state index in [1.165, 1.54) is 12.1 Å². The van der Waals surface area contributed by atoms with Gasteiger partial charge in [0.2, 0.25) is 0 Å². The van der Waals surface area contributed by atoms with Gasteiger partial charge in [0.25, 0.3) is 0 Å². The normalized spacial score (nSPS) is 19.7. The van der Waals surface area contributed by atoms with Crippen LogP contribution in [0.3, 0.4) is 0 Å². The molecule has 0 amide bonds. The molecular weight excluding hydrogens is 229 g/mol. The van der Waals surface area contributed by atoms with Crippen LogP contribution in [0, 0.1) is 11.2 Å². The van der Waals surface area contributed by atoms with E-state index in [1.807, 2.05) is 0 Å². The van der Waals surface area contributed by atoms with E-state index >= 15 is 0 Å². The summed E-state index contributed by atoms with van der Waals surface area (Å²) in [5.41, 5.74) is 0.997. The summed E-state index contributed by atoms with van der Waals surface area (Å²) in [6.45, 7) is 6.93. The maximum atomic E-state index is 12.8. The second-order valence-corrected chi connectivity index (χ2v) is 5.87. The van der Waals surface area contributed by atoms with Gasteiger partial charge in [-0.15, -0.1) is 0 Å². The van der Waals surface area contributed by atoms with Crippen molar-refractivity contribution in [1.29, 1.82) is 0 Å². The Labute approximate surface area is 108 Å². The Hall–Kier alpha value is -1.22. The number of ketones is 1. The maximum absolute atomic E-state index is 12.8. The van der Waals surface area contributed by atoms with Crippen molar-refractivity contribution in [1.82, 2.24) is 4.90 Å². The SMILES string of the molecule is CC1(C)CCN(CC(=O)c2ccc(F)cc2)CC1. The Bertz CT molecular complexity index is 415. The molecule has 1 heterocycles. The highest BCUT2D eigenvalue weighted by atomic mass is 19.1. The number of Topliss-reactive ketones (excluding diaryl/α,β-unsaturated/α-hetero) is 1. The largest absolute Gasteiger partial charge is 0.296 e. The summed E-state index contributed by atoms with van der Waals surface area (Å²) in [5.74, 6) is -0.221. The van der Waals surface area contributed by atoms with Crippen molar-refractivity contribution in [2.24, 2.45) is 5.41 Å². The lowest BCUT2D eigenvalue weighted by atomic mass is 9.82. The zero-order valence-corrected chi connectivity index (χ0v) is 11.1. The molecule has 0 unspecified atom stereocenters. The monoisotopic (exact) mass is 249 g/mol. The van der Waals surface area contributed by atoms with Gasteiger partial charge in [-0.2, -0.15) is 0 Å². The molecular formula is C15H20FNO. The number of benzene rings is 1. The van der Waals surface area contributed by atoms with E-state index in [1.54, 1.807) is 12.1 Å². The summed E-state index contributed by atoms with van der Waals surface area (Å²) in [6.07, 6.45) is 2.26. The number of likely N-dealkylation sites (tertiary alicyclic amines) is 1. The first-order valence-corrected chi connectivity index (χ1v) is 6.47. The minimum absolute atomic E-state index is 0.0784. The van der Waals surface area contributed by atoms with Gasteiger partial charge in [0.05, 0.1) is 6.54 Å². The number of carbonyl (C=O) groups excluding carboxylic acids is 1. The molecule has 1 aliphatic heterocycles. The molecule has 1 aromatic carbocycles. The first-order valence-electron chi connectivity index (χ1n) is 6.47. The predicted molar refractivity (Wildman–Crippen MR) is 70.2 cm³/mol. The van der Waals surface area contributed by atoms with E-state index in [-0.39, 0.29) is 11.6 Å². The fourth-order valence-corrected chi connectivity index (χ4v) is 2.25. The third-order valence-electron chi connectivity index (χ3n) is 3.74. The van der Waals surface area contributed by atoms with Crippen molar-refractivity contribution in [2.45, 2.75) is 26.7 Å². The van der Waals surface area contributed by atoms with Crippen molar-refractivity contribution in [2.75, 3.05) is 19.6 Å². The third kappa shape index (κ3) is 3.39. The van der Waals surface area contributed by atoms with Gasteiger partial charge in [0, 0.05) is 5.56 Å². The smallest absolute Gasteiger partial charge is 0.176 e. The van der Waals surface area contributed by atoms with Crippen LogP contribution >= 0.6 is 0 Å². The topological polar surface area (TPSA) is 20.3 Å². The molecule has 1 aliphatic rings. The third-order valence-corrected chi connectivity index (χ3v) is 3.74. The molecule has 18 heavy (non-hydrogen) atoms. The van der Waals surface area contributed by atoms with Crippen molar-refractivity contribution in [3.63, 3.8) is 0 Å². The fourth-order valence-electron chi connectivity index (χ4n) is 2.25. The Kier molecular flexibility index (Phi) is 3.81. The molecule has 2 rings (SSSR count). The van der Waals surface area contributed by atoms with Gasteiger partial charge < -0.3 is 0 Å². The molecule has 0 aromatic heterocycles. The van der Waals surface area contributed by atoms with Crippen molar-refractivity contribution >= 4 is 5.78 Å². The lowest BCUT2D eigenvalue weighted by molar-refractivity contribution is 0.0845.